The van der Waals surface area contributed by atoms with Crippen LogP contribution >= 0.6 is 0 Å². The van der Waals surface area contributed by atoms with E-state index in [9.17, 15) is 13.2 Å². The van der Waals surface area contributed by atoms with Gasteiger partial charge in [0.15, 0.2) is 0 Å². The molecule has 1 aromatic carbocycles. The van der Waals surface area contributed by atoms with Crippen molar-refractivity contribution in [3.05, 3.63) is 29.8 Å². The molecule has 4 N–H and O–H groups in total. The molecule has 0 unspecified atom stereocenters. The van der Waals surface area contributed by atoms with E-state index in [1.807, 2.05) is 24.3 Å². The van der Waals surface area contributed by atoms with E-state index in [-0.39, 0.29) is 31.5 Å². The second-order valence-electron chi connectivity index (χ2n) is 4.72. The van der Waals surface area contributed by atoms with Crippen LogP contribution in [0.25, 0.3) is 0 Å². The number of para-hydroxylation sites is 1. The Morgan fingerprint density at radius 1 is 1.17 bits per heavy atom. The number of methoxy groups -OCH3 is 1. The number of carbonyl (C=O) groups is 1. The summed E-state index contributed by atoms with van der Waals surface area (Å²) in [5, 5.41) is 10.2. The molecule has 0 atom stereocenters. The van der Waals surface area contributed by atoms with Gasteiger partial charge in [-0.2, -0.15) is 0 Å². The van der Waals surface area contributed by atoms with Crippen molar-refractivity contribution in [2.45, 2.75) is 6.42 Å². The van der Waals surface area contributed by atoms with Gasteiger partial charge >= 0.3 is 6.03 Å². The molecular formula is C14H23N3O5S. The molecule has 23 heavy (non-hydrogen) atoms. The minimum Gasteiger partial charge on any atom is -0.496 e. The second-order valence-corrected chi connectivity index (χ2v) is 6.46. The normalized spacial score (nSPS) is 11.0. The van der Waals surface area contributed by atoms with Gasteiger partial charge < -0.3 is 20.1 Å². The topological polar surface area (TPSA) is 120 Å². The van der Waals surface area contributed by atoms with E-state index >= 15 is 0 Å². The van der Waals surface area contributed by atoms with Crippen LogP contribution in [0.1, 0.15) is 5.56 Å². The summed E-state index contributed by atoms with van der Waals surface area (Å²) in [4.78, 5) is 11.6. The molecule has 0 bridgehead atoms. The highest BCUT2D eigenvalue weighted by Gasteiger charge is 2.04. The highest BCUT2D eigenvalue weighted by atomic mass is 32.2. The van der Waals surface area contributed by atoms with E-state index in [1.54, 1.807) is 7.11 Å². The van der Waals surface area contributed by atoms with Gasteiger partial charge in [0.2, 0.25) is 10.0 Å². The van der Waals surface area contributed by atoms with Crippen LogP contribution in [-0.4, -0.2) is 53.6 Å². The van der Waals surface area contributed by atoms with E-state index in [1.165, 1.54) is 0 Å². The standard InChI is InChI=1S/C14H23N3O5S/c1-21-13-5-3-2-4-12(13)6-7-16-14(18)17-8-9-22-10-11-23(15,19)20/h2-5H,6-11H2,1H3,(H2,15,19,20)(H2,16,17,18). The summed E-state index contributed by atoms with van der Waals surface area (Å²) in [6.07, 6.45) is 0.655. The fourth-order valence-corrected chi connectivity index (χ4v) is 2.15. The third-order valence-electron chi connectivity index (χ3n) is 2.92. The van der Waals surface area contributed by atoms with Gasteiger partial charge in [-0.05, 0) is 18.1 Å². The highest BCUT2D eigenvalue weighted by molar-refractivity contribution is 7.89. The number of sulfonamides is 1. The van der Waals surface area contributed by atoms with Gasteiger partial charge in [-0.25, -0.2) is 18.4 Å². The minimum atomic E-state index is -3.51. The summed E-state index contributed by atoms with van der Waals surface area (Å²) in [6.45, 7) is 0.981. The lowest BCUT2D eigenvalue weighted by molar-refractivity contribution is 0.151. The smallest absolute Gasteiger partial charge is 0.314 e. The average molecular weight is 345 g/mol. The van der Waals surface area contributed by atoms with Crippen LogP contribution in [0.3, 0.4) is 0 Å². The van der Waals surface area contributed by atoms with Crippen LogP contribution in [0.15, 0.2) is 24.3 Å². The molecule has 0 aromatic heterocycles. The molecule has 0 spiro atoms. The van der Waals surface area contributed by atoms with Crippen LogP contribution in [0.4, 0.5) is 4.79 Å². The molecule has 0 heterocycles. The van der Waals surface area contributed by atoms with Crippen molar-refractivity contribution in [1.29, 1.82) is 0 Å². The Balaban J connectivity index is 2.11. The Hall–Kier alpha value is -1.84. The summed E-state index contributed by atoms with van der Waals surface area (Å²) >= 11 is 0. The molecule has 1 aromatic rings. The summed E-state index contributed by atoms with van der Waals surface area (Å²) in [5.74, 6) is 0.552. The Morgan fingerprint density at radius 2 is 1.87 bits per heavy atom. The average Bonchev–Trinajstić information content (AvgIpc) is 2.50. The van der Waals surface area contributed by atoms with Crippen molar-refractivity contribution in [3.8, 4) is 5.75 Å². The minimum absolute atomic E-state index is 0.00986. The first-order valence-corrected chi connectivity index (χ1v) is 8.85. The third-order valence-corrected chi connectivity index (χ3v) is 3.65. The Labute approximate surface area is 136 Å². The number of nitrogens with one attached hydrogen (secondary N) is 2. The zero-order chi connectivity index (χ0) is 17.1. The fraction of sp³-hybridized carbons (Fsp3) is 0.500. The predicted octanol–water partition coefficient (Wildman–Crippen LogP) is -0.158. The number of ether oxygens (including phenoxy) is 2. The summed E-state index contributed by atoms with van der Waals surface area (Å²) in [6, 6.07) is 7.30. The van der Waals surface area contributed by atoms with Gasteiger partial charge in [-0.15, -0.1) is 0 Å². The van der Waals surface area contributed by atoms with Crippen LogP contribution in [0.2, 0.25) is 0 Å². The lowest BCUT2D eigenvalue weighted by Gasteiger charge is -2.10. The summed E-state index contributed by atoms with van der Waals surface area (Å²) in [5.41, 5.74) is 1.02. The number of hydrogen-bond acceptors (Lipinski definition) is 5. The Morgan fingerprint density at radius 3 is 2.57 bits per heavy atom. The number of hydrogen-bond donors (Lipinski definition) is 3. The van der Waals surface area contributed by atoms with Crippen molar-refractivity contribution in [1.82, 2.24) is 10.6 Å². The number of urea groups is 1. The highest BCUT2D eigenvalue weighted by Crippen LogP contribution is 2.17. The van der Waals surface area contributed by atoms with Crippen molar-refractivity contribution < 1.29 is 22.7 Å². The van der Waals surface area contributed by atoms with E-state index in [0.29, 0.717) is 13.0 Å². The van der Waals surface area contributed by atoms with Crippen molar-refractivity contribution in [3.63, 3.8) is 0 Å². The molecule has 0 aliphatic carbocycles. The first-order valence-electron chi connectivity index (χ1n) is 7.14. The van der Waals surface area contributed by atoms with Gasteiger partial charge in [0.1, 0.15) is 5.75 Å². The lowest BCUT2D eigenvalue weighted by atomic mass is 10.1. The molecule has 9 heteroatoms. The first-order chi connectivity index (χ1) is 10.9. The summed E-state index contributed by atoms with van der Waals surface area (Å²) < 4.78 is 31.6. The zero-order valence-electron chi connectivity index (χ0n) is 13.1. The molecule has 1 rings (SSSR count). The molecule has 0 radical (unpaired) electrons. The van der Waals surface area contributed by atoms with E-state index < -0.39 is 10.0 Å². The summed E-state index contributed by atoms with van der Waals surface area (Å²) in [7, 11) is -1.90. The van der Waals surface area contributed by atoms with Crippen LogP contribution in [0, 0.1) is 0 Å². The molecular weight excluding hydrogens is 322 g/mol. The third kappa shape index (κ3) is 9.01. The van der Waals surface area contributed by atoms with Crippen molar-refractivity contribution in [2.24, 2.45) is 5.14 Å². The molecule has 2 amide bonds. The van der Waals surface area contributed by atoms with Crippen LogP contribution < -0.4 is 20.5 Å². The molecule has 0 saturated carbocycles. The second kappa shape index (κ2) is 10.0. The quantitative estimate of drug-likeness (QED) is 0.509. The van der Waals surface area contributed by atoms with E-state index in [4.69, 9.17) is 14.6 Å². The fourth-order valence-electron chi connectivity index (χ4n) is 1.80. The SMILES string of the molecule is COc1ccccc1CCNC(=O)NCCOCCS(N)(=O)=O. The zero-order valence-corrected chi connectivity index (χ0v) is 13.9. The number of primary sulfonamides is 1. The van der Waals surface area contributed by atoms with Gasteiger partial charge in [-0.3, -0.25) is 0 Å². The number of benzene rings is 1. The largest absolute Gasteiger partial charge is 0.496 e. The Kier molecular flexibility index (Phi) is 8.38. The maximum Gasteiger partial charge on any atom is 0.314 e. The van der Waals surface area contributed by atoms with E-state index in [2.05, 4.69) is 10.6 Å². The molecule has 0 aliphatic rings. The lowest BCUT2D eigenvalue weighted by Crippen LogP contribution is -2.38. The number of rotatable bonds is 10. The number of amides is 2. The molecule has 130 valence electrons. The van der Waals surface area contributed by atoms with Crippen LogP contribution in [0.5, 0.6) is 5.75 Å². The van der Waals surface area contributed by atoms with Gasteiger partial charge in [-0.1, -0.05) is 18.2 Å². The molecule has 0 aliphatic heterocycles. The predicted molar refractivity (Wildman–Crippen MR) is 86.9 cm³/mol. The monoisotopic (exact) mass is 345 g/mol. The van der Waals surface area contributed by atoms with Crippen LogP contribution in [-0.2, 0) is 21.2 Å². The maximum absolute atomic E-state index is 11.6. The van der Waals surface area contributed by atoms with Gasteiger partial charge in [0.25, 0.3) is 0 Å². The number of nitrogens with two attached hydrogens (primary N) is 1. The van der Waals surface area contributed by atoms with E-state index in [0.717, 1.165) is 11.3 Å². The maximum atomic E-state index is 11.6. The Bertz CT molecular complexity index is 592. The van der Waals surface area contributed by atoms with Crippen molar-refractivity contribution in [2.75, 3.05) is 39.2 Å². The first kappa shape index (κ1) is 19.2. The van der Waals surface area contributed by atoms with Crippen molar-refractivity contribution >= 4 is 16.1 Å². The number of carbonyl (C=O) groups excluding carboxylic acids is 1. The van der Waals surface area contributed by atoms with Gasteiger partial charge in [0.05, 0.1) is 26.1 Å². The van der Waals surface area contributed by atoms with Gasteiger partial charge in [0, 0.05) is 13.1 Å². The molecule has 0 fully saturated rings. The molecule has 8 nitrogen and oxygen atoms in total. The molecule has 0 saturated heterocycles.